The highest BCUT2D eigenvalue weighted by atomic mass is 19.3. The van der Waals surface area contributed by atoms with Gasteiger partial charge in [0.05, 0.1) is 6.61 Å². The second kappa shape index (κ2) is 5.89. The number of rotatable bonds is 6. The molecular formula is C10H16F2O4. The molecule has 0 aliphatic carbocycles. The average Bonchev–Trinajstić information content (AvgIpc) is 2.18. The normalized spacial score (nSPS) is 13.7. The molecule has 0 aromatic carbocycles. The molecule has 0 radical (unpaired) electrons. The number of carbonyl (C=O) groups is 2. The van der Waals surface area contributed by atoms with Crippen LogP contribution in [0.2, 0.25) is 0 Å². The Kier molecular flexibility index (Phi) is 5.50. The average molecular weight is 238 g/mol. The Morgan fingerprint density at radius 2 is 1.81 bits per heavy atom. The molecule has 0 fully saturated rings. The Morgan fingerprint density at radius 3 is 2.12 bits per heavy atom. The van der Waals surface area contributed by atoms with Crippen molar-refractivity contribution in [3.63, 3.8) is 0 Å². The minimum atomic E-state index is -4.15. The van der Waals surface area contributed by atoms with Gasteiger partial charge in [0.15, 0.2) is 0 Å². The molecule has 0 heterocycles. The van der Waals surface area contributed by atoms with E-state index in [-0.39, 0.29) is 6.61 Å². The van der Waals surface area contributed by atoms with Crippen LogP contribution in [0, 0.1) is 5.92 Å². The first-order valence-corrected chi connectivity index (χ1v) is 4.91. The molecule has 0 saturated carbocycles. The van der Waals surface area contributed by atoms with Crippen LogP contribution >= 0.6 is 0 Å². The lowest BCUT2D eigenvalue weighted by Crippen LogP contribution is -2.47. The molecule has 4 nitrogen and oxygen atoms in total. The first-order valence-electron chi connectivity index (χ1n) is 4.91. The molecule has 0 amide bonds. The molecule has 0 aliphatic rings. The molecule has 1 unspecified atom stereocenters. The number of hydrogen-bond donors (Lipinski definition) is 0. The summed E-state index contributed by atoms with van der Waals surface area (Å²) in [5.41, 5.74) is 0. The van der Waals surface area contributed by atoms with E-state index in [1.54, 1.807) is 13.8 Å². The summed E-state index contributed by atoms with van der Waals surface area (Å²) in [6, 6.07) is 0. The van der Waals surface area contributed by atoms with Crippen LogP contribution in [0.25, 0.3) is 0 Å². The Hall–Kier alpha value is -1.04. The number of ether oxygens (including phenoxy) is 2. The number of Topliss-reactive ketones (excluding diaryl/α,β-unsaturated/α-hetero) is 1. The third kappa shape index (κ3) is 3.23. The van der Waals surface area contributed by atoms with Gasteiger partial charge in [-0.25, -0.2) is 4.79 Å². The zero-order valence-electron chi connectivity index (χ0n) is 9.75. The maximum absolute atomic E-state index is 13.3. The maximum Gasteiger partial charge on any atom is 0.402 e. The van der Waals surface area contributed by atoms with Crippen LogP contribution in [-0.2, 0) is 19.1 Å². The smallest absolute Gasteiger partial charge is 0.402 e. The molecule has 6 heteroatoms. The fourth-order valence-corrected chi connectivity index (χ4v) is 1.18. The molecule has 0 aromatic rings. The van der Waals surface area contributed by atoms with Crippen LogP contribution in [0.15, 0.2) is 0 Å². The summed E-state index contributed by atoms with van der Waals surface area (Å²) in [5.74, 6) is -8.00. The van der Waals surface area contributed by atoms with Crippen LogP contribution in [0.1, 0.15) is 20.8 Å². The van der Waals surface area contributed by atoms with Gasteiger partial charge < -0.3 is 9.47 Å². The van der Waals surface area contributed by atoms with Crippen molar-refractivity contribution in [2.24, 2.45) is 5.92 Å². The predicted molar refractivity (Wildman–Crippen MR) is 52.2 cm³/mol. The van der Waals surface area contributed by atoms with E-state index in [9.17, 15) is 18.4 Å². The van der Waals surface area contributed by atoms with E-state index in [2.05, 4.69) is 9.47 Å². The Bertz CT molecular complexity index is 264. The first-order chi connectivity index (χ1) is 7.28. The van der Waals surface area contributed by atoms with Crippen molar-refractivity contribution in [3.05, 3.63) is 0 Å². The summed E-state index contributed by atoms with van der Waals surface area (Å²) in [4.78, 5) is 22.3. The van der Waals surface area contributed by atoms with E-state index in [0.29, 0.717) is 0 Å². The maximum atomic E-state index is 13.3. The van der Waals surface area contributed by atoms with Crippen molar-refractivity contribution in [1.29, 1.82) is 0 Å². The molecule has 1 atom stereocenters. The Balaban J connectivity index is 4.86. The van der Waals surface area contributed by atoms with E-state index in [4.69, 9.17) is 0 Å². The van der Waals surface area contributed by atoms with Gasteiger partial charge in [-0.05, 0) is 12.8 Å². The fraction of sp³-hybridized carbons (Fsp3) is 0.800. The lowest BCUT2D eigenvalue weighted by molar-refractivity contribution is -0.181. The van der Waals surface area contributed by atoms with E-state index >= 15 is 0 Å². The van der Waals surface area contributed by atoms with Gasteiger partial charge in [0.1, 0.15) is 6.10 Å². The SMILES string of the molecule is CCOC(=O)C(F)(F)C(=O)C(OC)C(C)C. The number of halogens is 2. The number of carbonyl (C=O) groups excluding carboxylic acids is 2. The summed E-state index contributed by atoms with van der Waals surface area (Å²) in [6.07, 6.45) is -1.32. The molecule has 0 saturated heterocycles. The topological polar surface area (TPSA) is 52.6 Å². The molecule has 0 N–H and O–H groups in total. The zero-order valence-corrected chi connectivity index (χ0v) is 9.75. The molecule has 0 bridgehead atoms. The van der Waals surface area contributed by atoms with Crippen molar-refractivity contribution in [1.82, 2.24) is 0 Å². The third-order valence-corrected chi connectivity index (χ3v) is 1.96. The van der Waals surface area contributed by atoms with Gasteiger partial charge >= 0.3 is 11.9 Å². The monoisotopic (exact) mass is 238 g/mol. The lowest BCUT2D eigenvalue weighted by atomic mass is 9.99. The van der Waals surface area contributed by atoms with Crippen LogP contribution in [0.4, 0.5) is 8.78 Å². The third-order valence-electron chi connectivity index (χ3n) is 1.96. The standard InChI is InChI=1S/C10H16F2O4/c1-5-16-9(14)10(11,12)8(13)7(15-4)6(2)3/h6-7H,5H2,1-4H3. The highest BCUT2D eigenvalue weighted by molar-refractivity contribution is 6.07. The fourth-order valence-electron chi connectivity index (χ4n) is 1.18. The van der Waals surface area contributed by atoms with Crippen molar-refractivity contribution in [2.75, 3.05) is 13.7 Å². The molecule has 16 heavy (non-hydrogen) atoms. The molecular weight excluding hydrogens is 222 g/mol. The Labute approximate surface area is 92.9 Å². The largest absolute Gasteiger partial charge is 0.461 e. The van der Waals surface area contributed by atoms with Gasteiger partial charge in [0, 0.05) is 7.11 Å². The van der Waals surface area contributed by atoms with Crippen LogP contribution < -0.4 is 0 Å². The van der Waals surface area contributed by atoms with Gasteiger partial charge in [-0.3, -0.25) is 4.79 Å². The van der Waals surface area contributed by atoms with E-state index in [0.717, 1.165) is 7.11 Å². The van der Waals surface area contributed by atoms with Gasteiger partial charge in [-0.2, -0.15) is 8.78 Å². The number of ketones is 1. The van der Waals surface area contributed by atoms with Gasteiger partial charge in [0.25, 0.3) is 0 Å². The quantitative estimate of drug-likeness (QED) is 0.519. The van der Waals surface area contributed by atoms with Crippen LogP contribution in [0.5, 0.6) is 0 Å². The van der Waals surface area contributed by atoms with Gasteiger partial charge in [0.2, 0.25) is 5.78 Å². The number of esters is 1. The molecule has 0 spiro atoms. The summed E-state index contributed by atoms with van der Waals surface area (Å²) in [6.45, 7) is 4.27. The van der Waals surface area contributed by atoms with Crippen LogP contribution in [-0.4, -0.2) is 37.5 Å². The lowest BCUT2D eigenvalue weighted by Gasteiger charge is -2.22. The minimum Gasteiger partial charge on any atom is -0.461 e. The summed E-state index contributed by atoms with van der Waals surface area (Å²) < 4.78 is 35.4. The van der Waals surface area contributed by atoms with E-state index in [1.165, 1.54) is 6.92 Å². The highest BCUT2D eigenvalue weighted by Crippen LogP contribution is 2.23. The van der Waals surface area contributed by atoms with E-state index < -0.39 is 29.7 Å². The van der Waals surface area contributed by atoms with Crippen molar-refractivity contribution < 1.29 is 27.8 Å². The first kappa shape index (κ1) is 15.0. The Morgan fingerprint density at radius 1 is 1.31 bits per heavy atom. The number of methoxy groups -OCH3 is 1. The number of hydrogen-bond acceptors (Lipinski definition) is 4. The highest BCUT2D eigenvalue weighted by Gasteiger charge is 2.52. The summed E-state index contributed by atoms with van der Waals surface area (Å²) in [5, 5.41) is 0. The van der Waals surface area contributed by atoms with Crippen LogP contribution in [0.3, 0.4) is 0 Å². The molecule has 94 valence electrons. The van der Waals surface area contributed by atoms with Gasteiger partial charge in [-0.1, -0.05) is 13.8 Å². The molecule has 0 rings (SSSR count). The second-order valence-corrected chi connectivity index (χ2v) is 3.56. The van der Waals surface area contributed by atoms with Crippen molar-refractivity contribution in [2.45, 2.75) is 32.8 Å². The van der Waals surface area contributed by atoms with Crippen molar-refractivity contribution >= 4 is 11.8 Å². The predicted octanol–water partition coefficient (Wildman–Crippen LogP) is 1.42. The van der Waals surface area contributed by atoms with Crippen molar-refractivity contribution in [3.8, 4) is 0 Å². The van der Waals surface area contributed by atoms with Gasteiger partial charge in [-0.15, -0.1) is 0 Å². The molecule has 0 aromatic heterocycles. The zero-order chi connectivity index (χ0) is 12.9. The number of alkyl halides is 2. The van der Waals surface area contributed by atoms with E-state index in [1.807, 2.05) is 0 Å². The molecule has 0 aliphatic heterocycles. The summed E-state index contributed by atoms with van der Waals surface area (Å²) in [7, 11) is 1.14. The summed E-state index contributed by atoms with van der Waals surface area (Å²) >= 11 is 0. The minimum absolute atomic E-state index is 0.207. The second-order valence-electron chi connectivity index (χ2n) is 3.56.